The van der Waals surface area contributed by atoms with E-state index in [-0.39, 0.29) is 29.4 Å². The molecule has 35 heavy (non-hydrogen) atoms. The Morgan fingerprint density at radius 3 is 2.83 bits per heavy atom. The molecule has 6 nitrogen and oxygen atoms in total. The molecule has 2 aromatic carbocycles. The van der Waals surface area contributed by atoms with Crippen LogP contribution in [0.2, 0.25) is 5.02 Å². The maximum absolute atomic E-state index is 15.1. The molecule has 4 N–H and O–H groups in total. The molecule has 0 aliphatic heterocycles. The largest absolute Gasteiger partial charge is 0.393 e. The molecule has 1 heterocycles. The second-order valence-electron chi connectivity index (χ2n) is 9.11. The van der Waals surface area contributed by atoms with E-state index in [1.165, 1.54) is 12.1 Å². The Kier molecular flexibility index (Phi) is 7.98. The van der Waals surface area contributed by atoms with Gasteiger partial charge in [-0.1, -0.05) is 49.6 Å². The zero-order valence-electron chi connectivity index (χ0n) is 19.7. The lowest BCUT2D eigenvalue weighted by Gasteiger charge is -2.25. The van der Waals surface area contributed by atoms with Crippen LogP contribution >= 0.6 is 11.6 Å². The number of halogens is 2. The quantitative estimate of drug-likeness (QED) is 0.383. The predicted octanol–water partition coefficient (Wildman–Crippen LogP) is 5.81. The molecule has 1 aliphatic rings. The number of aliphatic hydroxyl groups excluding tert-OH is 1. The summed E-state index contributed by atoms with van der Waals surface area (Å²) in [4.78, 5) is 21.9. The van der Waals surface area contributed by atoms with E-state index in [4.69, 9.17) is 17.3 Å². The van der Waals surface area contributed by atoms with Gasteiger partial charge in [-0.25, -0.2) is 14.4 Å². The topological polar surface area (TPSA) is 101 Å². The highest BCUT2D eigenvalue weighted by atomic mass is 35.5. The number of hydrogen-bond donors (Lipinski definition) is 3. The molecular weight excluding hydrogens is 467 g/mol. The molecule has 1 aromatic heterocycles. The van der Waals surface area contributed by atoms with Gasteiger partial charge in [0.2, 0.25) is 0 Å². The fraction of sp³-hybridized carbons (Fsp3) is 0.370. The van der Waals surface area contributed by atoms with Crippen LogP contribution < -0.4 is 11.1 Å². The monoisotopic (exact) mass is 496 g/mol. The summed E-state index contributed by atoms with van der Waals surface area (Å²) in [6.07, 6.45) is 6.05. The van der Waals surface area contributed by atoms with Gasteiger partial charge in [-0.3, -0.25) is 4.79 Å². The van der Waals surface area contributed by atoms with Gasteiger partial charge in [0.1, 0.15) is 17.3 Å². The highest BCUT2D eigenvalue weighted by molar-refractivity contribution is 6.30. The third-order valence-corrected chi connectivity index (χ3v) is 6.74. The van der Waals surface area contributed by atoms with Gasteiger partial charge in [-0.05, 0) is 55.5 Å². The summed E-state index contributed by atoms with van der Waals surface area (Å²) in [6.45, 7) is 2.02. The summed E-state index contributed by atoms with van der Waals surface area (Å²) in [7, 11) is 0. The first-order valence-corrected chi connectivity index (χ1v) is 12.4. The SMILES string of the molecule is CCC[C@@H](NC(=O)c1ccc(-c2nc(C3CCCC(O)C3)cnc2N)cc1F)c1cccc(Cl)c1. The van der Waals surface area contributed by atoms with Crippen molar-refractivity contribution in [1.82, 2.24) is 15.3 Å². The van der Waals surface area contributed by atoms with Gasteiger partial charge < -0.3 is 16.2 Å². The van der Waals surface area contributed by atoms with Gasteiger partial charge in [0, 0.05) is 16.5 Å². The second-order valence-corrected chi connectivity index (χ2v) is 9.55. The number of nitrogens with two attached hydrogens (primary N) is 1. The lowest BCUT2D eigenvalue weighted by atomic mass is 9.85. The number of rotatable bonds is 7. The van der Waals surface area contributed by atoms with Crippen molar-refractivity contribution in [2.75, 3.05) is 5.73 Å². The molecule has 0 saturated heterocycles. The summed E-state index contributed by atoms with van der Waals surface area (Å²) in [6, 6.07) is 11.4. The Bertz CT molecular complexity index is 1210. The Morgan fingerprint density at radius 1 is 1.29 bits per heavy atom. The third kappa shape index (κ3) is 5.97. The normalized spacial score (nSPS) is 18.7. The molecule has 3 atom stereocenters. The second kappa shape index (κ2) is 11.1. The van der Waals surface area contributed by atoms with E-state index in [9.17, 15) is 9.90 Å². The number of benzene rings is 2. The highest BCUT2D eigenvalue weighted by Gasteiger charge is 2.24. The van der Waals surface area contributed by atoms with Crippen molar-refractivity contribution in [3.8, 4) is 11.3 Å². The standard InChI is InChI=1S/C27H30ClFN4O2/c1-2-5-23(16-6-3-8-19(28)12-16)33-27(35)21-11-10-18(14-22(21)29)25-26(30)31-15-24(32-25)17-7-4-9-20(34)13-17/h3,6,8,10-12,14-15,17,20,23,34H,2,4-5,7,9,13H2,1H3,(H2,30,31)(H,33,35)/t17?,20?,23-/m1/s1. The molecule has 1 saturated carbocycles. The minimum Gasteiger partial charge on any atom is -0.393 e. The van der Waals surface area contributed by atoms with E-state index < -0.39 is 11.7 Å². The van der Waals surface area contributed by atoms with E-state index >= 15 is 4.39 Å². The number of aliphatic hydroxyl groups is 1. The fourth-order valence-corrected chi connectivity index (χ4v) is 4.87. The van der Waals surface area contributed by atoms with Crippen LogP contribution in [-0.4, -0.2) is 27.1 Å². The zero-order chi connectivity index (χ0) is 24.9. The third-order valence-electron chi connectivity index (χ3n) is 6.51. The number of carbonyl (C=O) groups is 1. The van der Waals surface area contributed by atoms with Gasteiger partial charge in [-0.2, -0.15) is 0 Å². The molecule has 1 fully saturated rings. The van der Waals surface area contributed by atoms with Crippen LogP contribution in [-0.2, 0) is 0 Å². The zero-order valence-corrected chi connectivity index (χ0v) is 20.4. The number of amides is 1. The van der Waals surface area contributed by atoms with Crippen LogP contribution in [0.3, 0.4) is 0 Å². The molecule has 2 unspecified atom stereocenters. The van der Waals surface area contributed by atoms with Gasteiger partial charge >= 0.3 is 0 Å². The molecule has 1 amide bonds. The molecular formula is C27H30ClFN4O2. The van der Waals surface area contributed by atoms with Crippen molar-refractivity contribution in [3.05, 3.63) is 76.3 Å². The summed E-state index contributed by atoms with van der Waals surface area (Å²) in [5.41, 5.74) is 8.43. The maximum atomic E-state index is 15.1. The molecule has 0 spiro atoms. The van der Waals surface area contributed by atoms with E-state index in [0.717, 1.165) is 36.9 Å². The molecule has 1 aliphatic carbocycles. The number of nitrogens with zero attached hydrogens (tertiary/aromatic N) is 2. The smallest absolute Gasteiger partial charge is 0.254 e. The number of hydrogen-bond acceptors (Lipinski definition) is 5. The number of carbonyl (C=O) groups excluding carboxylic acids is 1. The van der Waals surface area contributed by atoms with Crippen LogP contribution in [0.1, 0.15) is 79.0 Å². The first kappa shape index (κ1) is 25.1. The summed E-state index contributed by atoms with van der Waals surface area (Å²) < 4.78 is 15.1. The number of aromatic nitrogens is 2. The Morgan fingerprint density at radius 2 is 2.11 bits per heavy atom. The summed E-state index contributed by atoms with van der Waals surface area (Å²) in [5, 5.41) is 13.5. The first-order chi connectivity index (χ1) is 16.9. The minimum atomic E-state index is -0.666. The lowest BCUT2D eigenvalue weighted by molar-refractivity contribution is 0.0930. The Balaban J connectivity index is 1.56. The van der Waals surface area contributed by atoms with Crippen molar-refractivity contribution in [3.63, 3.8) is 0 Å². The number of nitrogen functional groups attached to an aromatic ring is 1. The average molecular weight is 497 g/mol. The van der Waals surface area contributed by atoms with Crippen molar-refractivity contribution >= 4 is 23.3 Å². The predicted molar refractivity (Wildman–Crippen MR) is 136 cm³/mol. The van der Waals surface area contributed by atoms with Crippen molar-refractivity contribution in [1.29, 1.82) is 0 Å². The van der Waals surface area contributed by atoms with E-state index in [2.05, 4.69) is 15.3 Å². The summed E-state index contributed by atoms with van der Waals surface area (Å²) in [5.74, 6) is -0.898. The van der Waals surface area contributed by atoms with E-state index in [1.54, 1.807) is 24.4 Å². The van der Waals surface area contributed by atoms with Gasteiger partial charge in [0.05, 0.1) is 29.6 Å². The Labute approximate surface area is 209 Å². The van der Waals surface area contributed by atoms with Crippen LogP contribution in [0.5, 0.6) is 0 Å². The Hall–Kier alpha value is -3.03. The fourth-order valence-electron chi connectivity index (χ4n) is 4.67. The molecule has 0 radical (unpaired) electrons. The average Bonchev–Trinajstić information content (AvgIpc) is 2.84. The molecule has 4 rings (SSSR count). The van der Waals surface area contributed by atoms with Crippen LogP contribution in [0.25, 0.3) is 11.3 Å². The van der Waals surface area contributed by atoms with Crippen LogP contribution in [0.4, 0.5) is 10.2 Å². The summed E-state index contributed by atoms with van der Waals surface area (Å²) >= 11 is 6.12. The van der Waals surface area contributed by atoms with Crippen LogP contribution in [0, 0.1) is 5.82 Å². The van der Waals surface area contributed by atoms with E-state index in [0.29, 0.717) is 29.1 Å². The minimum absolute atomic E-state index is 0.0602. The molecule has 0 bridgehead atoms. The van der Waals surface area contributed by atoms with Gasteiger partial charge in [-0.15, -0.1) is 0 Å². The van der Waals surface area contributed by atoms with E-state index in [1.807, 2.05) is 19.1 Å². The maximum Gasteiger partial charge on any atom is 0.254 e. The van der Waals surface area contributed by atoms with Crippen molar-refractivity contribution < 1.29 is 14.3 Å². The van der Waals surface area contributed by atoms with Crippen molar-refractivity contribution in [2.45, 2.75) is 63.5 Å². The number of anilines is 1. The molecule has 184 valence electrons. The van der Waals surface area contributed by atoms with Gasteiger partial charge in [0.15, 0.2) is 0 Å². The number of nitrogens with one attached hydrogen (secondary N) is 1. The van der Waals surface area contributed by atoms with Gasteiger partial charge in [0.25, 0.3) is 5.91 Å². The highest BCUT2D eigenvalue weighted by Crippen LogP contribution is 2.34. The van der Waals surface area contributed by atoms with Crippen molar-refractivity contribution in [2.24, 2.45) is 0 Å². The van der Waals surface area contributed by atoms with Crippen LogP contribution in [0.15, 0.2) is 48.7 Å². The lowest BCUT2D eigenvalue weighted by Crippen LogP contribution is -2.29. The molecule has 3 aromatic rings. The first-order valence-electron chi connectivity index (χ1n) is 12.0. The molecule has 8 heteroatoms.